The molecule has 2 aliphatic rings. The highest BCUT2D eigenvalue weighted by atomic mass is 16.5. The van der Waals surface area contributed by atoms with Gasteiger partial charge >= 0.3 is 0 Å². The van der Waals surface area contributed by atoms with Crippen molar-refractivity contribution < 1.29 is 5.21 Å². The summed E-state index contributed by atoms with van der Waals surface area (Å²) in [4.78, 5) is 0. The number of nitrogens with one attached hydrogen (secondary N) is 1. The highest BCUT2D eigenvalue weighted by Crippen LogP contribution is 2.62. The lowest BCUT2D eigenvalue weighted by molar-refractivity contribution is 0.00268. The second-order valence-electron chi connectivity index (χ2n) is 5.48. The van der Waals surface area contributed by atoms with Crippen LogP contribution in [0, 0.1) is 16.7 Å². The van der Waals surface area contributed by atoms with Crippen LogP contribution in [0.3, 0.4) is 0 Å². The van der Waals surface area contributed by atoms with Gasteiger partial charge in [-0.15, -0.1) is 0 Å². The fourth-order valence-corrected chi connectivity index (χ4v) is 3.62. The molecular weight excluding hydrogens is 150 g/mol. The Morgan fingerprint density at radius 1 is 1.33 bits per heavy atom. The van der Waals surface area contributed by atoms with Crippen molar-refractivity contribution in [2.24, 2.45) is 16.7 Å². The molecule has 0 aromatic heterocycles. The molecule has 2 nitrogen and oxygen atoms in total. The molecule has 12 heavy (non-hydrogen) atoms. The highest BCUT2D eigenvalue weighted by Gasteiger charge is 2.59. The van der Waals surface area contributed by atoms with E-state index < -0.39 is 0 Å². The van der Waals surface area contributed by atoms with Crippen molar-refractivity contribution in [2.45, 2.75) is 46.1 Å². The topological polar surface area (TPSA) is 32.3 Å². The maximum absolute atomic E-state index is 9.14. The Balaban J connectivity index is 2.31. The zero-order valence-electron chi connectivity index (χ0n) is 8.22. The molecule has 0 aromatic carbocycles. The number of rotatable bonds is 1. The molecule has 2 bridgehead atoms. The number of fused-ring (bicyclic) bond motifs is 2. The summed E-state index contributed by atoms with van der Waals surface area (Å²) in [5.41, 5.74) is 3.16. The van der Waals surface area contributed by atoms with Gasteiger partial charge in [0.15, 0.2) is 0 Å². The van der Waals surface area contributed by atoms with Crippen molar-refractivity contribution in [3.05, 3.63) is 0 Å². The summed E-state index contributed by atoms with van der Waals surface area (Å²) in [5, 5.41) is 9.14. The van der Waals surface area contributed by atoms with E-state index in [-0.39, 0.29) is 5.41 Å². The van der Waals surface area contributed by atoms with Crippen LogP contribution in [0.2, 0.25) is 0 Å². The van der Waals surface area contributed by atoms with Gasteiger partial charge in [-0.1, -0.05) is 20.8 Å². The Labute approximate surface area is 74.3 Å². The predicted octanol–water partition coefficient (Wildman–Crippen LogP) is 2.18. The Hall–Kier alpha value is -0.0800. The van der Waals surface area contributed by atoms with E-state index in [1.54, 1.807) is 0 Å². The SMILES string of the molecule is CC12CCC(C1)C(C)(C)C2NO. The molecule has 2 saturated carbocycles. The van der Waals surface area contributed by atoms with Crippen LogP contribution in [-0.2, 0) is 0 Å². The van der Waals surface area contributed by atoms with E-state index in [1.807, 2.05) is 0 Å². The van der Waals surface area contributed by atoms with Gasteiger partial charge < -0.3 is 5.21 Å². The van der Waals surface area contributed by atoms with E-state index in [9.17, 15) is 0 Å². The van der Waals surface area contributed by atoms with Crippen molar-refractivity contribution in [3.63, 3.8) is 0 Å². The second-order valence-corrected chi connectivity index (χ2v) is 5.48. The van der Waals surface area contributed by atoms with Gasteiger partial charge in [-0.3, -0.25) is 0 Å². The molecule has 0 amide bonds. The molecule has 0 saturated heterocycles. The van der Waals surface area contributed by atoms with Gasteiger partial charge in [0.25, 0.3) is 0 Å². The minimum atomic E-state index is 0.280. The van der Waals surface area contributed by atoms with Gasteiger partial charge in [-0.05, 0) is 36.0 Å². The average molecular weight is 169 g/mol. The van der Waals surface area contributed by atoms with Crippen molar-refractivity contribution in [3.8, 4) is 0 Å². The standard InChI is InChI=1S/C10H19NO/c1-9(2)7-4-5-10(3,6-7)8(9)11-12/h7-8,11-12H,4-6H2,1-3H3. The lowest BCUT2D eigenvalue weighted by Crippen LogP contribution is -2.48. The van der Waals surface area contributed by atoms with Crippen LogP contribution in [0.15, 0.2) is 0 Å². The number of hydrogen-bond acceptors (Lipinski definition) is 2. The van der Waals surface area contributed by atoms with Gasteiger partial charge in [0.2, 0.25) is 0 Å². The summed E-state index contributed by atoms with van der Waals surface area (Å²) in [5.74, 6) is 0.812. The molecule has 0 aromatic rings. The minimum Gasteiger partial charge on any atom is -0.317 e. The van der Waals surface area contributed by atoms with Gasteiger partial charge in [-0.2, -0.15) is 0 Å². The molecule has 0 heterocycles. The van der Waals surface area contributed by atoms with Gasteiger partial charge in [0, 0.05) is 6.04 Å². The zero-order valence-corrected chi connectivity index (χ0v) is 8.22. The summed E-state index contributed by atoms with van der Waals surface area (Å²) in [7, 11) is 0. The summed E-state index contributed by atoms with van der Waals surface area (Å²) in [6.07, 6.45) is 3.92. The van der Waals surface area contributed by atoms with E-state index in [0.717, 1.165) is 5.92 Å². The average Bonchev–Trinajstić information content (AvgIpc) is 2.39. The Kier molecular flexibility index (Phi) is 1.59. The minimum absolute atomic E-state index is 0.280. The van der Waals surface area contributed by atoms with E-state index in [2.05, 4.69) is 26.3 Å². The monoisotopic (exact) mass is 169 g/mol. The third-order valence-corrected chi connectivity index (χ3v) is 4.40. The van der Waals surface area contributed by atoms with Crippen molar-refractivity contribution in [1.82, 2.24) is 5.48 Å². The van der Waals surface area contributed by atoms with Gasteiger partial charge in [-0.25, -0.2) is 5.48 Å². The maximum Gasteiger partial charge on any atom is 0.0427 e. The molecule has 3 unspecified atom stereocenters. The Bertz CT molecular complexity index is 197. The zero-order chi connectivity index (χ0) is 8.98. The van der Waals surface area contributed by atoms with Crippen LogP contribution in [0.1, 0.15) is 40.0 Å². The molecule has 0 aliphatic heterocycles. The summed E-state index contributed by atoms with van der Waals surface area (Å²) >= 11 is 0. The van der Waals surface area contributed by atoms with Crippen molar-refractivity contribution >= 4 is 0 Å². The number of hydroxylamine groups is 1. The fraction of sp³-hybridized carbons (Fsp3) is 1.00. The molecular formula is C10H19NO. The molecule has 0 radical (unpaired) electrons. The third-order valence-electron chi connectivity index (χ3n) is 4.40. The molecule has 2 heteroatoms. The first-order valence-electron chi connectivity index (χ1n) is 4.90. The summed E-state index contributed by atoms with van der Waals surface area (Å²) < 4.78 is 0. The molecule has 2 fully saturated rings. The van der Waals surface area contributed by atoms with Crippen LogP contribution >= 0.6 is 0 Å². The largest absolute Gasteiger partial charge is 0.317 e. The van der Waals surface area contributed by atoms with Crippen LogP contribution in [0.25, 0.3) is 0 Å². The lowest BCUT2D eigenvalue weighted by atomic mass is 9.69. The van der Waals surface area contributed by atoms with E-state index in [0.29, 0.717) is 11.5 Å². The fourth-order valence-electron chi connectivity index (χ4n) is 3.62. The van der Waals surface area contributed by atoms with Gasteiger partial charge in [0.1, 0.15) is 0 Å². The summed E-state index contributed by atoms with van der Waals surface area (Å²) in [6, 6.07) is 0.295. The molecule has 2 N–H and O–H groups in total. The predicted molar refractivity (Wildman–Crippen MR) is 47.9 cm³/mol. The van der Waals surface area contributed by atoms with E-state index in [4.69, 9.17) is 5.21 Å². The normalized spacial score (nSPS) is 50.0. The third kappa shape index (κ3) is 0.826. The quantitative estimate of drug-likeness (QED) is 0.590. The van der Waals surface area contributed by atoms with E-state index in [1.165, 1.54) is 19.3 Å². The number of hydrogen-bond donors (Lipinski definition) is 2. The van der Waals surface area contributed by atoms with Crippen LogP contribution in [0.5, 0.6) is 0 Å². The lowest BCUT2D eigenvalue weighted by Gasteiger charge is -2.41. The molecule has 70 valence electrons. The highest BCUT2D eigenvalue weighted by molar-refractivity contribution is 5.10. The molecule has 0 spiro atoms. The van der Waals surface area contributed by atoms with Crippen molar-refractivity contribution in [1.29, 1.82) is 0 Å². The Morgan fingerprint density at radius 2 is 2.00 bits per heavy atom. The smallest absolute Gasteiger partial charge is 0.0427 e. The van der Waals surface area contributed by atoms with Gasteiger partial charge in [0.05, 0.1) is 0 Å². The molecule has 3 atom stereocenters. The maximum atomic E-state index is 9.14. The Morgan fingerprint density at radius 3 is 2.33 bits per heavy atom. The second kappa shape index (κ2) is 2.24. The molecule has 2 rings (SSSR count). The van der Waals surface area contributed by atoms with E-state index >= 15 is 0 Å². The van der Waals surface area contributed by atoms with Crippen LogP contribution in [-0.4, -0.2) is 11.2 Å². The van der Waals surface area contributed by atoms with Crippen molar-refractivity contribution in [2.75, 3.05) is 0 Å². The first-order valence-corrected chi connectivity index (χ1v) is 4.90. The van der Waals surface area contributed by atoms with Crippen LogP contribution < -0.4 is 5.48 Å². The first kappa shape index (κ1) is 8.52. The molecule has 2 aliphatic carbocycles. The summed E-state index contributed by atoms with van der Waals surface area (Å²) in [6.45, 7) is 6.85. The first-order chi connectivity index (χ1) is 5.50. The van der Waals surface area contributed by atoms with Crippen LogP contribution in [0.4, 0.5) is 0 Å².